The van der Waals surface area contributed by atoms with Crippen molar-refractivity contribution >= 4 is 11.3 Å². The predicted octanol–water partition coefficient (Wildman–Crippen LogP) is 2.23. The molecule has 114 valence electrons. The molecule has 0 bridgehead atoms. The third-order valence-corrected chi connectivity index (χ3v) is 4.24. The smallest absolute Gasteiger partial charge is 0.154 e. The van der Waals surface area contributed by atoms with Crippen LogP contribution in [0.5, 0.6) is 0 Å². The first-order chi connectivity index (χ1) is 9.84. The Kier molecular flexibility index (Phi) is 3.40. The molecule has 5 nitrogen and oxygen atoms in total. The minimum atomic E-state index is -0.102. The lowest BCUT2D eigenvalue weighted by atomic mass is 9.82. The van der Waals surface area contributed by atoms with Crippen molar-refractivity contribution in [2.75, 3.05) is 18.5 Å². The van der Waals surface area contributed by atoms with E-state index in [1.807, 2.05) is 10.7 Å². The summed E-state index contributed by atoms with van der Waals surface area (Å²) < 4.78 is 1.91. The molecule has 0 spiro atoms. The van der Waals surface area contributed by atoms with Crippen LogP contribution in [0, 0.1) is 5.92 Å². The number of hydrogen-bond donors (Lipinski definition) is 1. The van der Waals surface area contributed by atoms with Gasteiger partial charge in [0.2, 0.25) is 0 Å². The zero-order valence-corrected chi connectivity index (χ0v) is 13.2. The van der Waals surface area contributed by atoms with E-state index in [4.69, 9.17) is 0 Å². The fourth-order valence-corrected chi connectivity index (χ4v) is 2.89. The van der Waals surface area contributed by atoms with Crippen molar-refractivity contribution < 1.29 is 5.11 Å². The van der Waals surface area contributed by atoms with Crippen LogP contribution in [-0.2, 0) is 5.41 Å². The molecule has 1 N–H and O–H groups in total. The van der Waals surface area contributed by atoms with E-state index in [2.05, 4.69) is 48.9 Å². The summed E-state index contributed by atoms with van der Waals surface area (Å²) in [5.74, 6) is 1.53. The zero-order valence-electron chi connectivity index (χ0n) is 13.2. The van der Waals surface area contributed by atoms with Crippen LogP contribution >= 0.6 is 0 Å². The van der Waals surface area contributed by atoms with E-state index in [9.17, 15) is 5.11 Å². The standard InChI is InChI=1S/C16H24N4O/c1-16(2,3)14-9-13-15(17-5-6-20(13)18-14)19(4)10-11-7-12(21)8-11/h5-6,9,11-12,21H,7-8,10H2,1-4H3. The van der Waals surface area contributed by atoms with Gasteiger partial charge in [0, 0.05) is 31.4 Å². The van der Waals surface area contributed by atoms with E-state index in [1.54, 1.807) is 6.20 Å². The van der Waals surface area contributed by atoms with Gasteiger partial charge in [0.1, 0.15) is 5.52 Å². The van der Waals surface area contributed by atoms with E-state index >= 15 is 0 Å². The Labute approximate surface area is 125 Å². The van der Waals surface area contributed by atoms with Gasteiger partial charge >= 0.3 is 0 Å². The van der Waals surface area contributed by atoms with E-state index in [0.29, 0.717) is 5.92 Å². The van der Waals surface area contributed by atoms with E-state index in [-0.39, 0.29) is 11.5 Å². The predicted molar refractivity (Wildman–Crippen MR) is 83.7 cm³/mol. The molecule has 21 heavy (non-hydrogen) atoms. The Bertz CT molecular complexity index is 637. The number of hydrogen-bond acceptors (Lipinski definition) is 4. The van der Waals surface area contributed by atoms with Crippen molar-refractivity contribution in [2.45, 2.75) is 45.1 Å². The van der Waals surface area contributed by atoms with Gasteiger partial charge in [-0.25, -0.2) is 9.50 Å². The van der Waals surface area contributed by atoms with Gasteiger partial charge in [-0.3, -0.25) is 0 Å². The number of rotatable bonds is 3. The van der Waals surface area contributed by atoms with Crippen molar-refractivity contribution in [1.29, 1.82) is 0 Å². The van der Waals surface area contributed by atoms with Gasteiger partial charge in [-0.05, 0) is 24.8 Å². The van der Waals surface area contributed by atoms with Crippen LogP contribution in [0.25, 0.3) is 5.52 Å². The molecule has 3 rings (SSSR count). The molecule has 2 aromatic heterocycles. The number of aromatic nitrogens is 3. The number of aliphatic hydroxyl groups is 1. The molecule has 0 aromatic carbocycles. The van der Waals surface area contributed by atoms with Crippen LogP contribution in [0.15, 0.2) is 18.5 Å². The largest absolute Gasteiger partial charge is 0.393 e. The van der Waals surface area contributed by atoms with Crippen molar-refractivity contribution in [2.24, 2.45) is 5.92 Å². The lowest BCUT2D eigenvalue weighted by Gasteiger charge is -2.34. The Balaban J connectivity index is 1.89. The fraction of sp³-hybridized carbons (Fsp3) is 0.625. The second kappa shape index (κ2) is 4.98. The maximum atomic E-state index is 9.42. The molecule has 1 aliphatic rings. The zero-order chi connectivity index (χ0) is 15.2. The number of anilines is 1. The maximum absolute atomic E-state index is 9.42. The van der Waals surface area contributed by atoms with Crippen LogP contribution in [0.3, 0.4) is 0 Å². The normalized spacial score (nSPS) is 22.3. The Morgan fingerprint density at radius 1 is 1.38 bits per heavy atom. The first-order valence-corrected chi connectivity index (χ1v) is 7.58. The maximum Gasteiger partial charge on any atom is 0.154 e. The summed E-state index contributed by atoms with van der Waals surface area (Å²) >= 11 is 0. The lowest BCUT2D eigenvalue weighted by Crippen LogP contribution is -2.37. The molecule has 0 radical (unpaired) electrons. The molecule has 1 saturated carbocycles. The summed E-state index contributed by atoms with van der Waals surface area (Å²) in [6.07, 6.45) is 5.40. The first kappa shape index (κ1) is 14.3. The molecule has 0 unspecified atom stereocenters. The van der Waals surface area contributed by atoms with Gasteiger partial charge < -0.3 is 10.0 Å². The van der Waals surface area contributed by atoms with Gasteiger partial charge in [-0.2, -0.15) is 5.10 Å². The van der Waals surface area contributed by atoms with E-state index in [1.165, 1.54) is 0 Å². The summed E-state index contributed by atoms with van der Waals surface area (Å²) in [5.41, 5.74) is 2.15. The molecular formula is C16H24N4O. The van der Waals surface area contributed by atoms with Gasteiger partial charge in [-0.1, -0.05) is 20.8 Å². The van der Waals surface area contributed by atoms with Crippen LogP contribution in [0.1, 0.15) is 39.3 Å². The minimum absolute atomic E-state index is 0.0277. The lowest BCUT2D eigenvalue weighted by molar-refractivity contribution is 0.0464. The first-order valence-electron chi connectivity index (χ1n) is 7.58. The quantitative estimate of drug-likeness (QED) is 0.941. The third-order valence-electron chi connectivity index (χ3n) is 4.24. The second-order valence-corrected chi connectivity index (χ2v) is 7.23. The molecule has 2 aromatic rings. The molecule has 1 aliphatic carbocycles. The molecule has 2 heterocycles. The summed E-state index contributed by atoms with van der Waals surface area (Å²) in [6, 6.07) is 2.13. The van der Waals surface area contributed by atoms with Crippen LogP contribution < -0.4 is 4.90 Å². The monoisotopic (exact) mass is 288 g/mol. The molecule has 1 fully saturated rings. The molecule has 0 aliphatic heterocycles. The second-order valence-electron chi connectivity index (χ2n) is 7.23. The highest BCUT2D eigenvalue weighted by atomic mass is 16.3. The number of aliphatic hydroxyl groups excluding tert-OH is 1. The number of fused-ring (bicyclic) bond motifs is 1. The van der Waals surface area contributed by atoms with E-state index < -0.39 is 0 Å². The SMILES string of the molecule is CN(CC1CC(O)C1)c1nccn2nc(C(C)(C)C)cc12. The van der Waals surface area contributed by atoms with Gasteiger partial charge in [-0.15, -0.1) is 0 Å². The van der Waals surface area contributed by atoms with Crippen LogP contribution in [-0.4, -0.2) is 39.4 Å². The highest BCUT2D eigenvalue weighted by Crippen LogP contribution is 2.30. The summed E-state index contributed by atoms with van der Waals surface area (Å²) in [6.45, 7) is 7.43. The van der Waals surface area contributed by atoms with Crippen molar-refractivity contribution in [3.63, 3.8) is 0 Å². The Morgan fingerprint density at radius 2 is 2.10 bits per heavy atom. The van der Waals surface area contributed by atoms with Crippen molar-refractivity contribution in [1.82, 2.24) is 14.6 Å². The average Bonchev–Trinajstić information content (AvgIpc) is 2.80. The molecule has 0 amide bonds. The summed E-state index contributed by atoms with van der Waals surface area (Å²) in [4.78, 5) is 6.72. The van der Waals surface area contributed by atoms with Crippen LogP contribution in [0.2, 0.25) is 0 Å². The van der Waals surface area contributed by atoms with Crippen LogP contribution in [0.4, 0.5) is 5.82 Å². The minimum Gasteiger partial charge on any atom is -0.393 e. The van der Waals surface area contributed by atoms with Crippen molar-refractivity contribution in [3.05, 3.63) is 24.2 Å². The number of nitrogens with zero attached hydrogens (tertiary/aromatic N) is 4. The molecular weight excluding hydrogens is 264 g/mol. The third kappa shape index (κ3) is 2.75. The van der Waals surface area contributed by atoms with E-state index in [0.717, 1.165) is 36.4 Å². The Hall–Kier alpha value is -1.62. The molecule has 0 saturated heterocycles. The Morgan fingerprint density at radius 3 is 2.71 bits per heavy atom. The molecule has 0 atom stereocenters. The highest BCUT2D eigenvalue weighted by Gasteiger charge is 2.29. The molecule has 5 heteroatoms. The average molecular weight is 288 g/mol. The summed E-state index contributed by atoms with van der Waals surface area (Å²) in [7, 11) is 2.07. The van der Waals surface area contributed by atoms with Gasteiger partial charge in [0.05, 0.1) is 11.8 Å². The summed E-state index contributed by atoms with van der Waals surface area (Å²) in [5, 5.41) is 14.1. The van der Waals surface area contributed by atoms with Crippen molar-refractivity contribution in [3.8, 4) is 0 Å². The van der Waals surface area contributed by atoms with Gasteiger partial charge in [0.15, 0.2) is 5.82 Å². The highest BCUT2D eigenvalue weighted by molar-refractivity contribution is 5.69. The topological polar surface area (TPSA) is 53.7 Å². The fourth-order valence-electron chi connectivity index (χ4n) is 2.89. The van der Waals surface area contributed by atoms with Gasteiger partial charge in [0.25, 0.3) is 0 Å².